The van der Waals surface area contributed by atoms with Crippen LogP contribution in [-0.4, -0.2) is 27.5 Å². The van der Waals surface area contributed by atoms with E-state index in [1.54, 1.807) is 12.4 Å². The van der Waals surface area contributed by atoms with E-state index in [-0.39, 0.29) is 24.0 Å². The molecular weight excluding hydrogens is 400 g/mol. The number of ether oxygens (including phenoxy) is 1. The van der Waals surface area contributed by atoms with Gasteiger partial charge in [-0.2, -0.15) is 0 Å². The first-order chi connectivity index (χ1) is 15.3. The second kappa shape index (κ2) is 9.07. The van der Waals surface area contributed by atoms with E-state index in [1.807, 2.05) is 42.6 Å². The van der Waals surface area contributed by atoms with Gasteiger partial charge in [-0.15, -0.1) is 0 Å². The zero-order valence-corrected chi connectivity index (χ0v) is 19.1. The smallest absolute Gasteiger partial charge is 0.258 e. The summed E-state index contributed by atoms with van der Waals surface area (Å²) < 4.78 is 5.87. The van der Waals surface area contributed by atoms with E-state index in [0.29, 0.717) is 11.7 Å². The van der Waals surface area contributed by atoms with Gasteiger partial charge >= 0.3 is 0 Å². The first-order valence-corrected chi connectivity index (χ1v) is 11.1. The molecule has 166 valence electrons. The Bertz CT molecular complexity index is 1100. The highest BCUT2D eigenvalue weighted by Gasteiger charge is 2.34. The van der Waals surface area contributed by atoms with Crippen molar-refractivity contribution in [2.24, 2.45) is 5.41 Å². The molecule has 2 aromatic heterocycles. The maximum absolute atomic E-state index is 12.8. The van der Waals surface area contributed by atoms with Crippen molar-refractivity contribution in [3.63, 3.8) is 0 Å². The minimum Gasteiger partial charge on any atom is -0.483 e. The van der Waals surface area contributed by atoms with Gasteiger partial charge in [0.1, 0.15) is 5.75 Å². The fraction of sp³-hybridized carbons (Fsp3) is 0.385. The van der Waals surface area contributed by atoms with Crippen molar-refractivity contribution in [3.05, 3.63) is 71.8 Å². The fourth-order valence-corrected chi connectivity index (χ4v) is 4.28. The van der Waals surface area contributed by atoms with Crippen molar-refractivity contribution in [1.82, 2.24) is 20.3 Å². The predicted molar refractivity (Wildman–Crippen MR) is 124 cm³/mol. The Morgan fingerprint density at radius 1 is 1.19 bits per heavy atom. The zero-order chi connectivity index (χ0) is 22.7. The van der Waals surface area contributed by atoms with Crippen LogP contribution >= 0.6 is 0 Å². The normalized spacial score (nSPS) is 17.0. The minimum absolute atomic E-state index is 0.0138. The van der Waals surface area contributed by atoms with Crippen LogP contribution in [0.15, 0.2) is 55.0 Å². The van der Waals surface area contributed by atoms with E-state index in [0.717, 1.165) is 41.0 Å². The van der Waals surface area contributed by atoms with Gasteiger partial charge in [-0.3, -0.25) is 9.78 Å². The van der Waals surface area contributed by atoms with Crippen LogP contribution in [0.4, 0.5) is 0 Å². The summed E-state index contributed by atoms with van der Waals surface area (Å²) in [5.41, 5.74) is 4.02. The van der Waals surface area contributed by atoms with E-state index in [9.17, 15) is 4.79 Å². The highest BCUT2D eigenvalue weighted by molar-refractivity contribution is 5.78. The number of hydrogen-bond donors (Lipinski definition) is 1. The molecule has 0 aliphatic heterocycles. The largest absolute Gasteiger partial charge is 0.483 e. The number of rotatable bonds is 6. The molecule has 0 radical (unpaired) electrons. The average molecular weight is 431 g/mol. The molecule has 32 heavy (non-hydrogen) atoms. The quantitative estimate of drug-likeness (QED) is 0.604. The molecule has 1 aliphatic carbocycles. The van der Waals surface area contributed by atoms with Crippen LogP contribution in [0.1, 0.15) is 62.9 Å². The number of amides is 1. The van der Waals surface area contributed by atoms with Crippen LogP contribution in [0, 0.1) is 5.41 Å². The van der Waals surface area contributed by atoms with Crippen LogP contribution in [0.3, 0.4) is 0 Å². The Kier molecular flexibility index (Phi) is 6.21. The molecule has 1 amide bonds. The summed E-state index contributed by atoms with van der Waals surface area (Å²) in [6, 6.07) is 11.5. The number of carbonyl (C=O) groups excluding carboxylic acids is 1. The standard InChI is InChI=1S/C26H30N4O2/c1-17(2)19-7-5-6-8-23(19)32-16-24(31)29-21-13-26(3,4)14-22-20(21)15-28-25(30-22)18-9-11-27-12-10-18/h5-12,15,17,21H,13-14,16H2,1-4H3,(H,29,31). The third kappa shape index (κ3) is 4.96. The Labute approximate surface area is 189 Å². The van der Waals surface area contributed by atoms with Gasteiger partial charge in [-0.25, -0.2) is 9.97 Å². The Morgan fingerprint density at radius 2 is 1.94 bits per heavy atom. The van der Waals surface area contributed by atoms with Gasteiger partial charge in [-0.05, 0) is 47.9 Å². The summed E-state index contributed by atoms with van der Waals surface area (Å²) in [4.78, 5) is 26.3. The number of aromatic nitrogens is 3. The van der Waals surface area contributed by atoms with Crippen LogP contribution in [0.5, 0.6) is 5.75 Å². The number of carbonyl (C=O) groups is 1. The van der Waals surface area contributed by atoms with Crippen molar-refractivity contribution in [3.8, 4) is 17.1 Å². The summed E-state index contributed by atoms with van der Waals surface area (Å²) in [6.07, 6.45) is 7.00. The van der Waals surface area contributed by atoms with Crippen molar-refractivity contribution >= 4 is 5.91 Å². The predicted octanol–water partition coefficient (Wildman–Crippen LogP) is 4.87. The summed E-state index contributed by atoms with van der Waals surface area (Å²) in [7, 11) is 0. The van der Waals surface area contributed by atoms with E-state index >= 15 is 0 Å². The van der Waals surface area contributed by atoms with Crippen LogP contribution in [0.2, 0.25) is 0 Å². The first-order valence-electron chi connectivity index (χ1n) is 11.1. The number of benzene rings is 1. The number of fused-ring (bicyclic) bond motifs is 1. The molecule has 6 nitrogen and oxygen atoms in total. The lowest BCUT2D eigenvalue weighted by Gasteiger charge is -2.36. The lowest BCUT2D eigenvalue weighted by atomic mass is 9.74. The molecule has 2 heterocycles. The first kappa shape index (κ1) is 21.9. The van der Waals surface area contributed by atoms with Gasteiger partial charge in [-0.1, -0.05) is 45.9 Å². The number of para-hydroxylation sites is 1. The highest BCUT2D eigenvalue weighted by atomic mass is 16.5. The summed E-state index contributed by atoms with van der Waals surface area (Å²) in [5.74, 6) is 1.62. The Morgan fingerprint density at radius 3 is 2.69 bits per heavy atom. The number of nitrogens with one attached hydrogen (secondary N) is 1. The molecule has 1 atom stereocenters. The number of nitrogens with zero attached hydrogens (tertiary/aromatic N) is 3. The van der Waals surface area contributed by atoms with Crippen molar-refractivity contribution in [2.45, 2.75) is 52.5 Å². The maximum atomic E-state index is 12.8. The van der Waals surface area contributed by atoms with Gasteiger partial charge in [0.2, 0.25) is 0 Å². The molecule has 1 unspecified atom stereocenters. The molecule has 3 aromatic rings. The van der Waals surface area contributed by atoms with Gasteiger partial charge in [0.05, 0.1) is 11.7 Å². The molecule has 0 fully saturated rings. The van der Waals surface area contributed by atoms with E-state index < -0.39 is 0 Å². The van der Waals surface area contributed by atoms with E-state index in [2.05, 4.69) is 43.0 Å². The average Bonchev–Trinajstić information content (AvgIpc) is 2.77. The van der Waals surface area contributed by atoms with Crippen molar-refractivity contribution < 1.29 is 9.53 Å². The molecule has 0 bridgehead atoms. The molecule has 4 rings (SSSR count). The zero-order valence-electron chi connectivity index (χ0n) is 19.1. The van der Waals surface area contributed by atoms with Crippen molar-refractivity contribution in [2.75, 3.05) is 6.61 Å². The van der Waals surface area contributed by atoms with Crippen molar-refractivity contribution in [1.29, 1.82) is 0 Å². The molecule has 0 saturated carbocycles. The molecule has 0 spiro atoms. The molecule has 1 N–H and O–H groups in total. The molecular formula is C26H30N4O2. The molecule has 6 heteroatoms. The van der Waals surface area contributed by atoms with Gasteiger partial charge in [0.25, 0.3) is 5.91 Å². The van der Waals surface area contributed by atoms with E-state index in [4.69, 9.17) is 9.72 Å². The molecule has 1 aliphatic rings. The Balaban J connectivity index is 1.50. The number of pyridine rings is 1. The maximum Gasteiger partial charge on any atom is 0.258 e. The fourth-order valence-electron chi connectivity index (χ4n) is 4.28. The van der Waals surface area contributed by atoms with Crippen LogP contribution < -0.4 is 10.1 Å². The van der Waals surface area contributed by atoms with Gasteiger partial charge in [0.15, 0.2) is 12.4 Å². The van der Waals surface area contributed by atoms with Gasteiger partial charge in [0, 0.05) is 29.7 Å². The summed E-state index contributed by atoms with van der Waals surface area (Å²) in [5, 5.41) is 3.15. The molecule has 0 saturated heterocycles. The lowest BCUT2D eigenvalue weighted by Crippen LogP contribution is -2.39. The van der Waals surface area contributed by atoms with Crippen LogP contribution in [0.25, 0.3) is 11.4 Å². The third-order valence-electron chi connectivity index (χ3n) is 5.85. The highest BCUT2D eigenvalue weighted by Crippen LogP contribution is 2.40. The van der Waals surface area contributed by atoms with Crippen LogP contribution in [-0.2, 0) is 11.2 Å². The Hall–Kier alpha value is -3.28. The lowest BCUT2D eigenvalue weighted by molar-refractivity contribution is -0.124. The number of hydrogen-bond acceptors (Lipinski definition) is 5. The topological polar surface area (TPSA) is 77.0 Å². The van der Waals surface area contributed by atoms with E-state index in [1.165, 1.54) is 0 Å². The third-order valence-corrected chi connectivity index (χ3v) is 5.85. The minimum atomic E-state index is -0.143. The van der Waals surface area contributed by atoms with Gasteiger partial charge < -0.3 is 10.1 Å². The second-order valence-electron chi connectivity index (χ2n) is 9.48. The molecule has 1 aromatic carbocycles. The SMILES string of the molecule is CC(C)c1ccccc1OCC(=O)NC1CC(C)(C)Cc2nc(-c3ccncc3)ncc21. The monoisotopic (exact) mass is 430 g/mol. The summed E-state index contributed by atoms with van der Waals surface area (Å²) in [6.45, 7) is 8.62. The second-order valence-corrected chi connectivity index (χ2v) is 9.48. The summed E-state index contributed by atoms with van der Waals surface area (Å²) >= 11 is 0.